The molecule has 1 fully saturated rings. The quantitative estimate of drug-likeness (QED) is 0.857. The molecule has 0 saturated heterocycles. The van der Waals surface area contributed by atoms with Gasteiger partial charge in [-0.3, -0.25) is 4.79 Å². The number of amides is 1. The Balaban J connectivity index is 1.42. The summed E-state index contributed by atoms with van der Waals surface area (Å²) in [5.74, 6) is 1.85. The number of ether oxygens (including phenoxy) is 2. The van der Waals surface area contributed by atoms with Gasteiger partial charge in [0.2, 0.25) is 5.91 Å². The van der Waals surface area contributed by atoms with Crippen LogP contribution in [0, 0.1) is 11.7 Å². The minimum absolute atomic E-state index is 0.0555. The summed E-state index contributed by atoms with van der Waals surface area (Å²) >= 11 is 0. The maximum Gasteiger partial charge on any atom is 0.220 e. The summed E-state index contributed by atoms with van der Waals surface area (Å²) in [4.78, 5) is 12.4. The fourth-order valence-corrected chi connectivity index (χ4v) is 3.45. The van der Waals surface area contributed by atoms with Gasteiger partial charge in [-0.15, -0.1) is 0 Å². The molecular formula is C21H22FNO3. The van der Waals surface area contributed by atoms with E-state index in [4.69, 9.17) is 9.47 Å². The number of halogens is 1. The number of hydrogen-bond acceptors (Lipinski definition) is 3. The van der Waals surface area contributed by atoms with Crippen LogP contribution in [0.1, 0.15) is 36.3 Å². The first-order chi connectivity index (χ1) is 12.7. The zero-order valence-corrected chi connectivity index (χ0v) is 14.5. The minimum Gasteiger partial charge on any atom is -0.486 e. The number of carbonyl (C=O) groups is 1. The molecule has 2 aromatic rings. The van der Waals surface area contributed by atoms with E-state index in [2.05, 4.69) is 5.32 Å². The van der Waals surface area contributed by atoms with E-state index in [0.717, 1.165) is 29.9 Å². The van der Waals surface area contributed by atoms with Crippen LogP contribution in [0.25, 0.3) is 0 Å². The number of fused-ring (bicyclic) bond motifs is 1. The van der Waals surface area contributed by atoms with E-state index < -0.39 is 0 Å². The van der Waals surface area contributed by atoms with Gasteiger partial charge in [0.25, 0.3) is 0 Å². The van der Waals surface area contributed by atoms with Crippen molar-refractivity contribution in [2.75, 3.05) is 13.2 Å². The highest BCUT2D eigenvalue weighted by molar-refractivity contribution is 5.77. The average Bonchev–Trinajstić information content (AvgIpc) is 3.50. The third kappa shape index (κ3) is 3.82. The van der Waals surface area contributed by atoms with Crippen LogP contribution >= 0.6 is 0 Å². The van der Waals surface area contributed by atoms with Gasteiger partial charge in [0.1, 0.15) is 19.0 Å². The molecule has 1 unspecified atom stereocenters. The largest absolute Gasteiger partial charge is 0.486 e. The Morgan fingerprint density at radius 3 is 2.65 bits per heavy atom. The summed E-state index contributed by atoms with van der Waals surface area (Å²) in [5.41, 5.74) is 1.61. The lowest BCUT2D eigenvalue weighted by atomic mass is 9.90. The molecule has 0 radical (unpaired) electrons. The van der Waals surface area contributed by atoms with Crippen LogP contribution in [-0.2, 0) is 11.3 Å². The SMILES string of the molecule is O=C(CC(c1ccc2c(c1)OCCO2)C1CC1)NCc1ccccc1F. The van der Waals surface area contributed by atoms with Crippen molar-refractivity contribution in [3.8, 4) is 11.5 Å². The van der Waals surface area contributed by atoms with Crippen molar-refractivity contribution < 1.29 is 18.7 Å². The van der Waals surface area contributed by atoms with Gasteiger partial charge < -0.3 is 14.8 Å². The zero-order valence-electron chi connectivity index (χ0n) is 14.5. The molecule has 136 valence electrons. The molecule has 1 heterocycles. The third-order valence-electron chi connectivity index (χ3n) is 5.02. The molecule has 5 heteroatoms. The van der Waals surface area contributed by atoms with Gasteiger partial charge in [0.15, 0.2) is 11.5 Å². The summed E-state index contributed by atoms with van der Waals surface area (Å²) in [7, 11) is 0. The van der Waals surface area contributed by atoms with Crippen LogP contribution in [0.4, 0.5) is 4.39 Å². The second-order valence-electron chi connectivity index (χ2n) is 6.92. The lowest BCUT2D eigenvalue weighted by Gasteiger charge is -2.22. The molecule has 0 bridgehead atoms. The van der Waals surface area contributed by atoms with Crippen molar-refractivity contribution in [3.05, 3.63) is 59.4 Å². The Morgan fingerprint density at radius 2 is 1.88 bits per heavy atom. The van der Waals surface area contributed by atoms with E-state index in [0.29, 0.717) is 31.1 Å². The summed E-state index contributed by atoms with van der Waals surface area (Å²) in [5, 5.41) is 2.85. The molecule has 0 aromatic heterocycles. The predicted molar refractivity (Wildman–Crippen MR) is 95.8 cm³/mol. The van der Waals surface area contributed by atoms with Gasteiger partial charge in [-0.2, -0.15) is 0 Å². The fourth-order valence-electron chi connectivity index (χ4n) is 3.45. The zero-order chi connectivity index (χ0) is 17.9. The highest BCUT2D eigenvalue weighted by Crippen LogP contribution is 2.46. The second-order valence-corrected chi connectivity index (χ2v) is 6.92. The molecule has 1 amide bonds. The Bertz CT molecular complexity index is 804. The van der Waals surface area contributed by atoms with Gasteiger partial charge in [-0.05, 0) is 48.4 Å². The number of benzene rings is 2. The van der Waals surface area contributed by atoms with E-state index in [9.17, 15) is 9.18 Å². The maximum atomic E-state index is 13.7. The summed E-state index contributed by atoms with van der Waals surface area (Å²) < 4.78 is 24.9. The van der Waals surface area contributed by atoms with Gasteiger partial charge in [0, 0.05) is 18.5 Å². The second kappa shape index (κ2) is 7.36. The van der Waals surface area contributed by atoms with Crippen LogP contribution < -0.4 is 14.8 Å². The first-order valence-corrected chi connectivity index (χ1v) is 9.10. The molecule has 1 N–H and O–H groups in total. The van der Waals surface area contributed by atoms with Crippen molar-refractivity contribution in [1.82, 2.24) is 5.32 Å². The third-order valence-corrected chi connectivity index (χ3v) is 5.02. The van der Waals surface area contributed by atoms with Gasteiger partial charge in [0.05, 0.1) is 0 Å². The molecule has 1 atom stereocenters. The highest BCUT2D eigenvalue weighted by atomic mass is 19.1. The maximum absolute atomic E-state index is 13.7. The number of nitrogens with one attached hydrogen (secondary N) is 1. The van der Waals surface area contributed by atoms with Crippen molar-refractivity contribution in [2.45, 2.75) is 31.7 Å². The minimum atomic E-state index is -0.293. The van der Waals surface area contributed by atoms with Crippen molar-refractivity contribution in [3.63, 3.8) is 0 Å². The lowest BCUT2D eigenvalue weighted by Crippen LogP contribution is -2.25. The Hall–Kier alpha value is -2.56. The van der Waals surface area contributed by atoms with E-state index in [1.807, 2.05) is 18.2 Å². The first kappa shape index (κ1) is 16.9. The lowest BCUT2D eigenvalue weighted by molar-refractivity contribution is -0.121. The van der Waals surface area contributed by atoms with Crippen molar-refractivity contribution in [2.24, 2.45) is 5.92 Å². The standard InChI is InChI=1S/C21H22FNO3/c22-18-4-2-1-3-16(18)13-23-21(24)12-17(14-5-6-14)15-7-8-19-20(11-15)26-10-9-25-19/h1-4,7-8,11,14,17H,5-6,9-10,12-13H2,(H,23,24). The molecular weight excluding hydrogens is 333 g/mol. The van der Waals surface area contributed by atoms with Crippen molar-refractivity contribution >= 4 is 5.91 Å². The smallest absolute Gasteiger partial charge is 0.220 e. The molecule has 4 nitrogen and oxygen atoms in total. The Labute approximate surface area is 152 Å². The molecule has 1 saturated carbocycles. The summed E-state index contributed by atoms with van der Waals surface area (Å²) in [6, 6.07) is 12.5. The summed E-state index contributed by atoms with van der Waals surface area (Å²) in [6.07, 6.45) is 2.68. The van der Waals surface area contributed by atoms with E-state index >= 15 is 0 Å². The number of rotatable bonds is 6. The molecule has 0 spiro atoms. The van der Waals surface area contributed by atoms with Crippen molar-refractivity contribution in [1.29, 1.82) is 0 Å². The van der Waals surface area contributed by atoms with Gasteiger partial charge in [-0.1, -0.05) is 24.3 Å². The molecule has 2 aromatic carbocycles. The molecule has 1 aliphatic carbocycles. The molecule has 26 heavy (non-hydrogen) atoms. The monoisotopic (exact) mass is 355 g/mol. The predicted octanol–water partition coefficient (Wildman–Crippen LogP) is 3.80. The topological polar surface area (TPSA) is 47.6 Å². The normalized spacial score (nSPS) is 16.8. The van der Waals surface area contributed by atoms with Crippen LogP contribution in [0.5, 0.6) is 11.5 Å². The molecule has 1 aliphatic heterocycles. The Morgan fingerprint density at radius 1 is 1.12 bits per heavy atom. The van der Waals surface area contributed by atoms with E-state index in [1.165, 1.54) is 6.07 Å². The Kier molecular flexibility index (Phi) is 4.78. The summed E-state index contributed by atoms with van der Waals surface area (Å²) in [6.45, 7) is 1.33. The average molecular weight is 355 g/mol. The number of carbonyl (C=O) groups excluding carboxylic acids is 1. The molecule has 4 rings (SSSR count). The first-order valence-electron chi connectivity index (χ1n) is 9.10. The van der Waals surface area contributed by atoms with Gasteiger partial charge in [-0.25, -0.2) is 4.39 Å². The highest BCUT2D eigenvalue weighted by Gasteiger charge is 2.34. The van der Waals surface area contributed by atoms with Crippen LogP contribution in [0.2, 0.25) is 0 Å². The van der Waals surface area contributed by atoms with E-state index in [1.54, 1.807) is 18.2 Å². The van der Waals surface area contributed by atoms with E-state index in [-0.39, 0.29) is 24.2 Å². The molecule has 2 aliphatic rings. The number of hydrogen-bond donors (Lipinski definition) is 1. The van der Waals surface area contributed by atoms with Crippen LogP contribution in [0.3, 0.4) is 0 Å². The van der Waals surface area contributed by atoms with Gasteiger partial charge >= 0.3 is 0 Å². The fraction of sp³-hybridized carbons (Fsp3) is 0.381. The van der Waals surface area contributed by atoms with Crippen LogP contribution in [-0.4, -0.2) is 19.1 Å². The van der Waals surface area contributed by atoms with Crippen LogP contribution in [0.15, 0.2) is 42.5 Å².